The van der Waals surface area contributed by atoms with E-state index in [4.69, 9.17) is 0 Å². The molecule has 1 N–H and O–H groups in total. The van der Waals surface area contributed by atoms with Crippen molar-refractivity contribution in [1.82, 2.24) is 15.1 Å². The fourth-order valence-electron chi connectivity index (χ4n) is 3.00. The Morgan fingerprint density at radius 1 is 1.15 bits per heavy atom. The molecule has 1 saturated heterocycles. The molecule has 0 amide bonds. The molecule has 2 rings (SSSR count). The highest BCUT2D eigenvalue weighted by Crippen LogP contribution is 2.26. The molecule has 20 heavy (non-hydrogen) atoms. The van der Waals surface area contributed by atoms with Crippen molar-refractivity contribution < 1.29 is 13.2 Å². The third-order valence-electron chi connectivity index (χ3n) is 4.29. The minimum absolute atomic E-state index is 0.386. The Morgan fingerprint density at radius 2 is 1.80 bits per heavy atom. The Bertz CT molecular complexity index is 284. The zero-order valence-electron chi connectivity index (χ0n) is 12.3. The first-order chi connectivity index (χ1) is 9.48. The number of likely N-dealkylation sites (tertiary alicyclic amines) is 1. The van der Waals surface area contributed by atoms with Gasteiger partial charge in [0.2, 0.25) is 0 Å². The molecule has 6 heteroatoms. The summed E-state index contributed by atoms with van der Waals surface area (Å²) < 4.78 is 36.9. The highest BCUT2D eigenvalue weighted by molar-refractivity contribution is 4.85. The number of hydrogen-bond acceptors (Lipinski definition) is 3. The summed E-state index contributed by atoms with van der Waals surface area (Å²) in [6.45, 7) is 5.64. The molecule has 1 aliphatic heterocycles. The van der Waals surface area contributed by atoms with E-state index < -0.39 is 12.7 Å². The van der Waals surface area contributed by atoms with Gasteiger partial charge in [0.15, 0.2) is 0 Å². The molecule has 2 aliphatic rings. The molecule has 0 aromatic heterocycles. The van der Waals surface area contributed by atoms with Gasteiger partial charge in [-0.25, -0.2) is 0 Å². The summed E-state index contributed by atoms with van der Waals surface area (Å²) in [4.78, 5) is 4.01. The number of nitrogens with zero attached hydrogens (tertiary/aromatic N) is 2. The highest BCUT2D eigenvalue weighted by Gasteiger charge is 2.32. The van der Waals surface area contributed by atoms with Crippen LogP contribution in [0.5, 0.6) is 0 Å². The third kappa shape index (κ3) is 5.58. The van der Waals surface area contributed by atoms with Crippen molar-refractivity contribution >= 4 is 0 Å². The summed E-state index contributed by atoms with van der Waals surface area (Å²) in [6.07, 6.45) is 0.233. The van der Waals surface area contributed by atoms with Gasteiger partial charge in [0.25, 0.3) is 0 Å². The molecule has 1 heterocycles. The van der Waals surface area contributed by atoms with Gasteiger partial charge in [-0.2, -0.15) is 13.2 Å². The number of likely N-dealkylation sites (N-methyl/N-ethyl adjacent to an activating group) is 1. The lowest BCUT2D eigenvalue weighted by atomic mass is 10.1. The quantitative estimate of drug-likeness (QED) is 0.775. The van der Waals surface area contributed by atoms with Gasteiger partial charge in [0, 0.05) is 25.2 Å². The molecule has 0 radical (unpaired) electrons. The van der Waals surface area contributed by atoms with E-state index in [9.17, 15) is 13.2 Å². The second kappa shape index (κ2) is 7.09. The number of rotatable bonds is 7. The van der Waals surface area contributed by atoms with Crippen LogP contribution in [-0.4, -0.2) is 67.3 Å². The minimum Gasteiger partial charge on any atom is -0.313 e. The number of piperidine rings is 1. The zero-order chi connectivity index (χ0) is 14.6. The Labute approximate surface area is 119 Å². The Balaban J connectivity index is 1.57. The summed E-state index contributed by atoms with van der Waals surface area (Å²) in [5.41, 5.74) is 0. The maximum absolute atomic E-state index is 12.3. The smallest absolute Gasteiger partial charge is 0.313 e. The first-order valence-corrected chi connectivity index (χ1v) is 7.74. The summed E-state index contributed by atoms with van der Waals surface area (Å²) >= 11 is 0. The van der Waals surface area contributed by atoms with Crippen molar-refractivity contribution in [2.24, 2.45) is 0 Å². The molecule has 1 saturated carbocycles. The maximum Gasteiger partial charge on any atom is 0.401 e. The van der Waals surface area contributed by atoms with Crippen LogP contribution in [0, 0.1) is 0 Å². The fraction of sp³-hybridized carbons (Fsp3) is 1.00. The average molecular weight is 293 g/mol. The summed E-state index contributed by atoms with van der Waals surface area (Å²) in [6, 6.07) is 1.17. The summed E-state index contributed by atoms with van der Waals surface area (Å²) in [5, 5.41) is 3.50. The molecule has 0 unspecified atom stereocenters. The van der Waals surface area contributed by atoms with Crippen LogP contribution in [0.15, 0.2) is 0 Å². The van der Waals surface area contributed by atoms with Gasteiger partial charge in [-0.3, -0.25) is 9.80 Å². The Kier molecular flexibility index (Phi) is 5.69. The van der Waals surface area contributed by atoms with E-state index in [1.54, 1.807) is 0 Å². The van der Waals surface area contributed by atoms with E-state index in [1.807, 2.05) is 0 Å². The van der Waals surface area contributed by atoms with Crippen molar-refractivity contribution in [2.45, 2.75) is 50.9 Å². The van der Waals surface area contributed by atoms with Crippen LogP contribution >= 0.6 is 0 Å². The second-order valence-corrected chi connectivity index (χ2v) is 5.98. The largest absolute Gasteiger partial charge is 0.401 e. The number of halogens is 3. The van der Waals surface area contributed by atoms with E-state index in [1.165, 1.54) is 17.7 Å². The summed E-state index contributed by atoms with van der Waals surface area (Å²) in [7, 11) is 0. The van der Waals surface area contributed by atoms with E-state index >= 15 is 0 Å². The number of nitrogens with one attached hydrogen (secondary N) is 1. The standard InChI is InChI=1S/C14H26F3N3/c1-2-20(13-3-4-13)10-7-18-12-5-8-19(9-6-12)11-14(15,16)17/h12-13,18H,2-11H2,1H3. The highest BCUT2D eigenvalue weighted by atomic mass is 19.4. The van der Waals surface area contributed by atoms with Gasteiger partial charge in [0.05, 0.1) is 6.54 Å². The van der Waals surface area contributed by atoms with Crippen LogP contribution in [0.2, 0.25) is 0 Å². The van der Waals surface area contributed by atoms with Crippen molar-refractivity contribution in [3.8, 4) is 0 Å². The molecule has 0 atom stereocenters. The van der Waals surface area contributed by atoms with Crippen LogP contribution in [0.1, 0.15) is 32.6 Å². The van der Waals surface area contributed by atoms with E-state index in [0.717, 1.165) is 38.5 Å². The Hall–Kier alpha value is -0.330. The second-order valence-electron chi connectivity index (χ2n) is 5.98. The molecular formula is C14H26F3N3. The predicted octanol–water partition coefficient (Wildman–Crippen LogP) is 2.09. The number of alkyl halides is 3. The molecule has 0 spiro atoms. The molecule has 2 fully saturated rings. The number of hydrogen-bond donors (Lipinski definition) is 1. The van der Waals surface area contributed by atoms with E-state index in [-0.39, 0.29) is 0 Å². The van der Waals surface area contributed by atoms with Gasteiger partial charge in [-0.1, -0.05) is 6.92 Å². The lowest BCUT2D eigenvalue weighted by molar-refractivity contribution is -0.148. The molecule has 0 aromatic rings. The van der Waals surface area contributed by atoms with Crippen molar-refractivity contribution in [3.63, 3.8) is 0 Å². The zero-order valence-corrected chi connectivity index (χ0v) is 12.3. The first-order valence-electron chi connectivity index (χ1n) is 7.74. The van der Waals surface area contributed by atoms with Crippen LogP contribution in [0.3, 0.4) is 0 Å². The molecule has 3 nitrogen and oxygen atoms in total. The topological polar surface area (TPSA) is 18.5 Å². The van der Waals surface area contributed by atoms with Crippen molar-refractivity contribution in [2.75, 3.05) is 39.3 Å². The predicted molar refractivity (Wildman–Crippen MR) is 73.8 cm³/mol. The molecular weight excluding hydrogens is 267 g/mol. The lowest BCUT2D eigenvalue weighted by Gasteiger charge is -2.33. The van der Waals surface area contributed by atoms with Crippen LogP contribution in [-0.2, 0) is 0 Å². The Morgan fingerprint density at radius 3 is 2.30 bits per heavy atom. The maximum atomic E-state index is 12.3. The van der Waals surface area contributed by atoms with Crippen LogP contribution in [0.25, 0.3) is 0 Å². The van der Waals surface area contributed by atoms with Crippen LogP contribution < -0.4 is 5.32 Å². The van der Waals surface area contributed by atoms with Gasteiger partial charge in [-0.15, -0.1) is 0 Å². The lowest BCUT2D eigenvalue weighted by Crippen LogP contribution is -2.47. The van der Waals surface area contributed by atoms with Gasteiger partial charge < -0.3 is 5.32 Å². The molecule has 0 bridgehead atoms. The third-order valence-corrected chi connectivity index (χ3v) is 4.29. The van der Waals surface area contributed by atoms with Crippen LogP contribution in [0.4, 0.5) is 13.2 Å². The van der Waals surface area contributed by atoms with E-state index in [0.29, 0.717) is 19.1 Å². The summed E-state index contributed by atoms with van der Waals surface area (Å²) in [5.74, 6) is 0. The molecule has 0 aromatic carbocycles. The SMILES string of the molecule is CCN(CCNC1CCN(CC(F)(F)F)CC1)C1CC1. The van der Waals surface area contributed by atoms with Gasteiger partial charge in [-0.05, 0) is 45.3 Å². The van der Waals surface area contributed by atoms with Gasteiger partial charge in [0.1, 0.15) is 0 Å². The first kappa shape index (κ1) is 16.0. The monoisotopic (exact) mass is 293 g/mol. The average Bonchev–Trinajstić information content (AvgIpc) is 3.19. The van der Waals surface area contributed by atoms with E-state index in [2.05, 4.69) is 17.1 Å². The minimum atomic E-state index is -4.06. The molecule has 118 valence electrons. The van der Waals surface area contributed by atoms with Crippen molar-refractivity contribution in [1.29, 1.82) is 0 Å². The normalized spacial score (nSPS) is 22.6. The van der Waals surface area contributed by atoms with Gasteiger partial charge >= 0.3 is 6.18 Å². The van der Waals surface area contributed by atoms with Crippen molar-refractivity contribution in [3.05, 3.63) is 0 Å². The molecule has 1 aliphatic carbocycles. The fourth-order valence-corrected chi connectivity index (χ4v) is 3.00.